The van der Waals surface area contributed by atoms with Gasteiger partial charge in [-0.2, -0.15) is 26.3 Å². The van der Waals surface area contributed by atoms with Crippen molar-refractivity contribution in [1.29, 1.82) is 0 Å². The first-order chi connectivity index (χ1) is 20.3. The van der Waals surface area contributed by atoms with E-state index in [9.17, 15) is 26.3 Å². The number of alkyl halides is 6. The third-order valence-electron chi connectivity index (χ3n) is 8.54. The van der Waals surface area contributed by atoms with Gasteiger partial charge in [0.25, 0.3) is 0 Å². The van der Waals surface area contributed by atoms with Crippen molar-refractivity contribution in [3.05, 3.63) is 142 Å². The summed E-state index contributed by atoms with van der Waals surface area (Å²) in [4.78, 5) is 0. The van der Waals surface area contributed by atoms with Gasteiger partial charge >= 0.3 is 12.4 Å². The molecular formula is C36H22F6O. The number of ether oxygens (including phenoxy) is 1. The van der Waals surface area contributed by atoms with Crippen LogP contribution in [0.4, 0.5) is 26.3 Å². The van der Waals surface area contributed by atoms with E-state index in [4.69, 9.17) is 4.74 Å². The molecule has 1 aliphatic heterocycles. The Labute approximate surface area is 244 Å². The number of benzene rings is 4. The Morgan fingerprint density at radius 1 is 0.744 bits per heavy atom. The van der Waals surface area contributed by atoms with E-state index in [0.29, 0.717) is 39.0 Å². The first kappa shape index (κ1) is 27.2. The molecule has 0 radical (unpaired) electrons. The van der Waals surface area contributed by atoms with Crippen LogP contribution in [0.2, 0.25) is 0 Å². The van der Waals surface area contributed by atoms with E-state index in [1.165, 1.54) is 12.1 Å². The highest BCUT2D eigenvalue weighted by molar-refractivity contribution is 6.08. The van der Waals surface area contributed by atoms with Gasteiger partial charge in [-0.25, -0.2) is 0 Å². The van der Waals surface area contributed by atoms with Gasteiger partial charge in [0.2, 0.25) is 0 Å². The molecule has 1 aliphatic carbocycles. The lowest BCUT2D eigenvalue weighted by atomic mass is 9.77. The minimum Gasteiger partial charge on any atom is -0.472 e. The molecule has 1 atom stereocenters. The summed E-state index contributed by atoms with van der Waals surface area (Å²) in [5.74, 6) is 0.350. The highest BCUT2D eigenvalue weighted by Crippen LogP contribution is 2.59. The second-order valence-corrected chi connectivity index (χ2v) is 11.4. The minimum atomic E-state index is -4.66. The van der Waals surface area contributed by atoms with Crippen LogP contribution >= 0.6 is 0 Å². The fourth-order valence-corrected chi connectivity index (χ4v) is 6.57. The maximum atomic E-state index is 14.0. The summed E-state index contributed by atoms with van der Waals surface area (Å²) in [6, 6.07) is 27.7. The second-order valence-electron chi connectivity index (χ2n) is 11.4. The monoisotopic (exact) mass is 584 g/mol. The van der Waals surface area contributed by atoms with Crippen LogP contribution in [0, 0.1) is 12.1 Å². The van der Waals surface area contributed by atoms with Crippen LogP contribution in [-0.4, -0.2) is 0 Å². The van der Waals surface area contributed by atoms with E-state index < -0.39 is 34.5 Å². The molecule has 7 rings (SSSR count). The van der Waals surface area contributed by atoms with Crippen molar-refractivity contribution in [3.63, 3.8) is 0 Å². The maximum absolute atomic E-state index is 14.0. The zero-order chi connectivity index (χ0) is 30.4. The summed E-state index contributed by atoms with van der Waals surface area (Å²) in [6.07, 6.45) is -5.53. The predicted octanol–water partition coefficient (Wildman–Crippen LogP) is 10.1. The Bertz CT molecular complexity index is 1890. The van der Waals surface area contributed by atoms with Gasteiger partial charge in [-0.05, 0) is 70.1 Å². The lowest BCUT2D eigenvalue weighted by molar-refractivity contribution is -0.138. The fraction of sp³-hybridized carbons (Fsp3) is 0.167. The summed E-state index contributed by atoms with van der Waals surface area (Å²) in [7, 11) is 0. The summed E-state index contributed by atoms with van der Waals surface area (Å²) >= 11 is 0. The largest absolute Gasteiger partial charge is 0.472 e. The smallest absolute Gasteiger partial charge is 0.416 e. The topological polar surface area (TPSA) is 9.23 Å². The molecule has 0 bridgehead atoms. The van der Waals surface area contributed by atoms with Crippen LogP contribution in [0.15, 0.2) is 91.0 Å². The number of rotatable bonds is 2. The molecule has 0 amide bonds. The average Bonchev–Trinajstić information content (AvgIpc) is 3.23. The highest BCUT2D eigenvalue weighted by Gasteiger charge is 2.46. The molecule has 43 heavy (non-hydrogen) atoms. The van der Waals surface area contributed by atoms with Gasteiger partial charge in [-0.1, -0.05) is 80.6 Å². The Balaban J connectivity index is 1.59. The molecule has 0 spiro atoms. The zero-order valence-electron chi connectivity index (χ0n) is 22.9. The summed E-state index contributed by atoms with van der Waals surface area (Å²) in [5, 5.41) is 0.544. The van der Waals surface area contributed by atoms with E-state index in [2.05, 4.69) is 12.1 Å². The van der Waals surface area contributed by atoms with Gasteiger partial charge in [0, 0.05) is 21.9 Å². The molecule has 5 aromatic carbocycles. The minimum absolute atomic E-state index is 0.176. The quantitative estimate of drug-likeness (QED) is 0.188. The van der Waals surface area contributed by atoms with Crippen molar-refractivity contribution in [2.24, 2.45) is 0 Å². The number of hydrogen-bond donors (Lipinski definition) is 0. The van der Waals surface area contributed by atoms with Crippen molar-refractivity contribution >= 4 is 16.8 Å². The Morgan fingerprint density at radius 3 is 2.12 bits per heavy atom. The molecule has 5 aromatic rings. The lowest BCUT2D eigenvalue weighted by Gasteiger charge is -2.37. The summed E-state index contributed by atoms with van der Waals surface area (Å²) in [5.41, 5.74) is 0.0728. The highest BCUT2D eigenvalue weighted by atomic mass is 19.4. The van der Waals surface area contributed by atoms with E-state index >= 15 is 0 Å². The summed E-state index contributed by atoms with van der Waals surface area (Å²) < 4.78 is 90.6. The van der Waals surface area contributed by atoms with Crippen LogP contribution < -0.4 is 4.74 Å². The first-order valence-corrected chi connectivity index (χ1v) is 13.6. The van der Waals surface area contributed by atoms with Crippen molar-refractivity contribution in [2.75, 3.05) is 0 Å². The molecule has 1 nitrogen and oxygen atoms in total. The van der Waals surface area contributed by atoms with Gasteiger partial charge in [-0.15, -0.1) is 0 Å². The molecule has 0 N–H and O–H groups in total. The van der Waals surface area contributed by atoms with Crippen molar-refractivity contribution < 1.29 is 31.1 Å². The van der Waals surface area contributed by atoms with Gasteiger partial charge in [0.05, 0.1) is 16.7 Å². The molecule has 214 valence electrons. The Hall–Kier alpha value is -4.70. The van der Waals surface area contributed by atoms with Crippen LogP contribution in [0.25, 0.3) is 28.0 Å². The van der Waals surface area contributed by atoms with Crippen molar-refractivity contribution in [2.45, 2.75) is 37.2 Å². The van der Waals surface area contributed by atoms with Crippen LogP contribution in [-0.2, 0) is 23.4 Å². The number of hydrogen-bond acceptors (Lipinski definition) is 1. The molecule has 0 saturated carbocycles. The molecule has 0 aromatic heterocycles. The zero-order valence-corrected chi connectivity index (χ0v) is 22.9. The molecule has 1 heterocycles. The molecule has 0 fully saturated rings. The molecule has 0 saturated heterocycles. The van der Waals surface area contributed by atoms with E-state index in [-0.39, 0.29) is 10.9 Å². The molecule has 7 heteroatoms. The van der Waals surface area contributed by atoms with Gasteiger partial charge in [0.1, 0.15) is 5.75 Å². The average molecular weight is 585 g/mol. The first-order valence-electron chi connectivity index (χ1n) is 13.6. The maximum Gasteiger partial charge on any atom is 0.416 e. The van der Waals surface area contributed by atoms with Gasteiger partial charge in [-0.3, -0.25) is 0 Å². The van der Waals surface area contributed by atoms with E-state index in [1.807, 2.05) is 62.4 Å². The number of halogens is 6. The van der Waals surface area contributed by atoms with Gasteiger partial charge < -0.3 is 4.74 Å². The SMILES string of the molecule is CC1(C)c2ccc(C(F)(F)F)cc2-c2c1c1c(c3ccc(C(F)(F)F)cc23)OC(c2c#cccc2)(c2ccccc2)C=C1. The van der Waals surface area contributed by atoms with Crippen LogP contribution in [0.1, 0.15) is 52.8 Å². The standard InChI is InChI=1S/C36H22F6O/c1-33(2)29-16-14-24(36(40,41)42)20-28(29)30-27-19-23(35(37,38)39)13-15-25(27)32-26(31(30)33)17-18-34(43-32,21-9-5-3-6-10-21)22-11-7-4-8-12-22/h3-7,9-11,13-20H,1-2H3. The molecule has 1 unspecified atom stereocenters. The number of fused-ring (bicyclic) bond motifs is 8. The fourth-order valence-electron chi connectivity index (χ4n) is 6.57. The Kier molecular flexibility index (Phi) is 5.62. The molecular weight excluding hydrogens is 562 g/mol. The molecule has 2 aliphatic rings. The third-order valence-corrected chi connectivity index (χ3v) is 8.54. The summed E-state index contributed by atoms with van der Waals surface area (Å²) in [6.45, 7) is 3.74. The van der Waals surface area contributed by atoms with E-state index in [0.717, 1.165) is 29.8 Å². The second kappa shape index (κ2) is 8.90. The third kappa shape index (κ3) is 3.96. The Morgan fingerprint density at radius 2 is 1.44 bits per heavy atom. The van der Waals surface area contributed by atoms with E-state index in [1.54, 1.807) is 12.1 Å². The van der Waals surface area contributed by atoms with Gasteiger partial charge in [0.15, 0.2) is 5.60 Å². The van der Waals surface area contributed by atoms with Crippen LogP contribution in [0.3, 0.4) is 0 Å². The van der Waals surface area contributed by atoms with Crippen LogP contribution in [0.5, 0.6) is 5.75 Å². The van der Waals surface area contributed by atoms with Crippen molar-refractivity contribution in [3.8, 4) is 16.9 Å². The lowest BCUT2D eigenvalue weighted by Crippen LogP contribution is -2.34. The normalized spacial score (nSPS) is 16.2. The van der Waals surface area contributed by atoms with Crippen molar-refractivity contribution in [1.82, 2.24) is 0 Å². The predicted molar refractivity (Wildman–Crippen MR) is 153 cm³/mol.